The van der Waals surface area contributed by atoms with E-state index in [0.717, 1.165) is 0 Å². The molecule has 2 rings (SSSR count). The van der Waals surface area contributed by atoms with Gasteiger partial charge < -0.3 is 19.1 Å². The van der Waals surface area contributed by atoms with Crippen LogP contribution in [0.2, 0.25) is 0 Å². The van der Waals surface area contributed by atoms with Crippen molar-refractivity contribution >= 4 is 29.3 Å². The highest BCUT2D eigenvalue weighted by molar-refractivity contribution is 5.99. The fourth-order valence-electron chi connectivity index (χ4n) is 2.38. The second-order valence-electron chi connectivity index (χ2n) is 6.70. The molecular formula is C18H24N2O6. The topological polar surface area (TPSA) is 94.2 Å². The van der Waals surface area contributed by atoms with Crippen LogP contribution in [0.4, 0.5) is 16.2 Å². The largest absolute Gasteiger partial charge is 0.482 e. The van der Waals surface area contributed by atoms with Gasteiger partial charge in [0.15, 0.2) is 6.61 Å². The average molecular weight is 364 g/mol. The van der Waals surface area contributed by atoms with Gasteiger partial charge >= 0.3 is 12.1 Å². The van der Waals surface area contributed by atoms with E-state index in [1.165, 1.54) is 4.90 Å². The molecule has 0 unspecified atom stereocenters. The van der Waals surface area contributed by atoms with Crippen LogP contribution in [0, 0.1) is 0 Å². The van der Waals surface area contributed by atoms with Crippen molar-refractivity contribution in [2.45, 2.75) is 39.7 Å². The number of amides is 2. The summed E-state index contributed by atoms with van der Waals surface area (Å²) in [6.07, 6.45) is -0.526. The third-order valence-corrected chi connectivity index (χ3v) is 3.39. The SMILES string of the molecule is CCOC(=O)CCN1C(=O)COc2ccc(NC(=O)OC(C)(C)C)cc21. The van der Waals surface area contributed by atoms with Crippen molar-refractivity contribution in [2.24, 2.45) is 0 Å². The van der Waals surface area contributed by atoms with Crippen molar-refractivity contribution in [2.75, 3.05) is 30.0 Å². The monoisotopic (exact) mass is 364 g/mol. The van der Waals surface area contributed by atoms with Crippen molar-refractivity contribution in [1.29, 1.82) is 0 Å². The Morgan fingerprint density at radius 1 is 1.31 bits per heavy atom. The second-order valence-corrected chi connectivity index (χ2v) is 6.70. The lowest BCUT2D eigenvalue weighted by Gasteiger charge is -2.29. The summed E-state index contributed by atoms with van der Waals surface area (Å²) >= 11 is 0. The summed E-state index contributed by atoms with van der Waals surface area (Å²) in [4.78, 5) is 37.1. The first-order chi connectivity index (χ1) is 12.2. The number of esters is 1. The van der Waals surface area contributed by atoms with Gasteiger partial charge in [0, 0.05) is 12.2 Å². The Bertz CT molecular complexity index is 695. The number of fused-ring (bicyclic) bond motifs is 1. The molecule has 1 heterocycles. The van der Waals surface area contributed by atoms with Crippen LogP contribution in [0.3, 0.4) is 0 Å². The number of rotatable bonds is 5. The first-order valence-corrected chi connectivity index (χ1v) is 8.42. The maximum Gasteiger partial charge on any atom is 0.412 e. The number of nitrogens with one attached hydrogen (secondary N) is 1. The number of ether oxygens (including phenoxy) is 3. The number of benzene rings is 1. The van der Waals surface area contributed by atoms with E-state index in [1.54, 1.807) is 45.9 Å². The van der Waals surface area contributed by atoms with Crippen LogP contribution in [-0.2, 0) is 19.1 Å². The molecule has 0 atom stereocenters. The van der Waals surface area contributed by atoms with Gasteiger partial charge in [-0.05, 0) is 45.9 Å². The molecule has 1 aromatic rings. The van der Waals surface area contributed by atoms with E-state index >= 15 is 0 Å². The predicted molar refractivity (Wildman–Crippen MR) is 95.4 cm³/mol. The van der Waals surface area contributed by atoms with Crippen molar-refractivity contribution in [3.8, 4) is 5.75 Å². The molecule has 1 aromatic carbocycles. The number of hydrogen-bond donors (Lipinski definition) is 1. The van der Waals surface area contributed by atoms with Crippen molar-refractivity contribution in [3.63, 3.8) is 0 Å². The zero-order valence-corrected chi connectivity index (χ0v) is 15.5. The summed E-state index contributed by atoms with van der Waals surface area (Å²) in [5.74, 6) is -0.143. The van der Waals surface area contributed by atoms with E-state index in [1.807, 2.05) is 0 Å². The van der Waals surface area contributed by atoms with E-state index in [9.17, 15) is 14.4 Å². The maximum atomic E-state index is 12.2. The Morgan fingerprint density at radius 3 is 2.69 bits per heavy atom. The Balaban J connectivity index is 2.14. The molecule has 0 fully saturated rings. The predicted octanol–water partition coefficient (Wildman–Crippen LogP) is 2.71. The molecule has 2 amide bonds. The Hall–Kier alpha value is -2.77. The Morgan fingerprint density at radius 2 is 2.04 bits per heavy atom. The third kappa shape index (κ3) is 5.37. The standard InChI is InChI=1S/C18H24N2O6/c1-5-24-16(22)8-9-20-13-10-12(19-17(23)26-18(2,3)4)6-7-14(13)25-11-15(20)21/h6-7,10H,5,8-9,11H2,1-4H3,(H,19,23). The maximum absolute atomic E-state index is 12.2. The highest BCUT2D eigenvalue weighted by atomic mass is 16.6. The molecule has 0 spiro atoms. The van der Waals surface area contributed by atoms with Gasteiger partial charge in [-0.15, -0.1) is 0 Å². The molecule has 0 saturated heterocycles. The molecule has 1 aliphatic rings. The number of anilines is 2. The second kappa shape index (κ2) is 8.07. The van der Waals surface area contributed by atoms with Crippen LogP contribution in [0.15, 0.2) is 18.2 Å². The lowest BCUT2D eigenvalue weighted by atomic mass is 10.2. The number of carbonyl (C=O) groups excluding carboxylic acids is 3. The molecule has 0 bridgehead atoms. The quantitative estimate of drug-likeness (QED) is 0.808. The van der Waals surface area contributed by atoms with Gasteiger partial charge in [0.05, 0.1) is 18.7 Å². The fraction of sp³-hybridized carbons (Fsp3) is 0.500. The zero-order valence-electron chi connectivity index (χ0n) is 15.5. The van der Waals surface area contributed by atoms with Gasteiger partial charge in [-0.3, -0.25) is 14.9 Å². The zero-order chi connectivity index (χ0) is 19.3. The number of carbonyl (C=O) groups is 3. The minimum absolute atomic E-state index is 0.0722. The molecule has 0 saturated carbocycles. The normalized spacial score (nSPS) is 13.5. The van der Waals surface area contributed by atoms with Crippen molar-refractivity contribution in [3.05, 3.63) is 18.2 Å². The molecule has 26 heavy (non-hydrogen) atoms. The summed E-state index contributed by atoms with van der Waals surface area (Å²) in [5, 5.41) is 2.62. The van der Waals surface area contributed by atoms with Crippen LogP contribution in [0.5, 0.6) is 5.75 Å². The number of hydrogen-bond acceptors (Lipinski definition) is 6. The molecule has 0 aliphatic carbocycles. The summed E-state index contributed by atoms with van der Waals surface area (Å²) < 4.78 is 15.5. The smallest absolute Gasteiger partial charge is 0.412 e. The van der Waals surface area contributed by atoms with Gasteiger partial charge in [-0.1, -0.05) is 0 Å². The van der Waals surface area contributed by atoms with Gasteiger partial charge in [-0.25, -0.2) is 4.79 Å². The van der Waals surface area contributed by atoms with Crippen LogP contribution in [0.25, 0.3) is 0 Å². The molecule has 8 heteroatoms. The number of nitrogens with zero attached hydrogens (tertiary/aromatic N) is 1. The summed E-state index contributed by atoms with van der Waals surface area (Å²) in [7, 11) is 0. The highest BCUT2D eigenvalue weighted by Gasteiger charge is 2.27. The van der Waals surface area contributed by atoms with Gasteiger partial charge in [0.25, 0.3) is 5.91 Å². The third-order valence-electron chi connectivity index (χ3n) is 3.39. The van der Waals surface area contributed by atoms with Crippen LogP contribution in [0.1, 0.15) is 34.1 Å². The van der Waals surface area contributed by atoms with Crippen LogP contribution < -0.4 is 15.0 Å². The van der Waals surface area contributed by atoms with Gasteiger partial charge in [-0.2, -0.15) is 0 Å². The Labute approximate surface area is 152 Å². The van der Waals surface area contributed by atoms with E-state index in [-0.39, 0.29) is 38.1 Å². The molecule has 142 valence electrons. The van der Waals surface area contributed by atoms with Crippen molar-refractivity contribution < 1.29 is 28.6 Å². The minimum Gasteiger partial charge on any atom is -0.482 e. The first kappa shape index (κ1) is 19.6. The first-order valence-electron chi connectivity index (χ1n) is 8.42. The Kier molecular flexibility index (Phi) is 6.07. The van der Waals surface area contributed by atoms with Gasteiger partial charge in [0.2, 0.25) is 0 Å². The molecular weight excluding hydrogens is 340 g/mol. The van der Waals surface area contributed by atoms with Crippen LogP contribution >= 0.6 is 0 Å². The summed E-state index contributed by atoms with van der Waals surface area (Å²) in [6, 6.07) is 4.93. The molecule has 1 aliphatic heterocycles. The summed E-state index contributed by atoms with van der Waals surface area (Å²) in [5.41, 5.74) is 0.319. The molecule has 8 nitrogen and oxygen atoms in total. The van der Waals surface area contributed by atoms with E-state index < -0.39 is 11.7 Å². The van der Waals surface area contributed by atoms with Crippen LogP contribution in [-0.4, -0.2) is 43.3 Å². The fourth-order valence-corrected chi connectivity index (χ4v) is 2.38. The highest BCUT2D eigenvalue weighted by Crippen LogP contribution is 2.34. The van der Waals surface area contributed by atoms with E-state index in [2.05, 4.69) is 5.32 Å². The minimum atomic E-state index is -0.622. The average Bonchev–Trinajstić information content (AvgIpc) is 2.52. The lowest BCUT2D eigenvalue weighted by Crippen LogP contribution is -2.40. The van der Waals surface area contributed by atoms with Gasteiger partial charge in [0.1, 0.15) is 11.4 Å². The molecule has 0 aromatic heterocycles. The molecule has 1 N–H and O–H groups in total. The summed E-state index contributed by atoms with van der Waals surface area (Å²) in [6.45, 7) is 7.38. The van der Waals surface area contributed by atoms with E-state index in [4.69, 9.17) is 14.2 Å². The van der Waals surface area contributed by atoms with Crippen molar-refractivity contribution in [1.82, 2.24) is 0 Å². The van der Waals surface area contributed by atoms with E-state index in [0.29, 0.717) is 17.1 Å². The molecule has 0 radical (unpaired) electrons. The lowest BCUT2D eigenvalue weighted by molar-refractivity contribution is -0.142.